The number of rotatable bonds is 3. The van der Waals surface area contributed by atoms with Crippen LogP contribution in [0.15, 0.2) is 66.7 Å². The maximum atomic E-state index is 13.3. The zero-order valence-corrected chi connectivity index (χ0v) is 27.3. The number of piperidine rings is 1. The number of hydrogen-bond acceptors (Lipinski definition) is 7. The van der Waals surface area contributed by atoms with Crippen molar-refractivity contribution in [2.75, 3.05) is 31.7 Å². The molecule has 45 heavy (non-hydrogen) atoms. The summed E-state index contributed by atoms with van der Waals surface area (Å²) in [5, 5.41) is 5.16. The second-order valence-corrected chi connectivity index (χ2v) is 13.4. The van der Waals surface area contributed by atoms with Crippen LogP contribution in [0.5, 0.6) is 0 Å². The molecular weight excluding hydrogens is 564 g/mol. The van der Waals surface area contributed by atoms with Gasteiger partial charge in [0.05, 0.1) is 36.2 Å². The quantitative estimate of drug-likeness (QED) is 0.179. The van der Waals surface area contributed by atoms with Crippen LogP contribution in [0, 0.1) is 6.92 Å². The number of nitrogens with zero attached hydrogens (tertiary/aromatic N) is 4. The molecule has 2 aromatic carbocycles. The number of anilines is 1. The van der Waals surface area contributed by atoms with Gasteiger partial charge in [-0.2, -0.15) is 9.61 Å². The Labute approximate surface area is 266 Å². The number of carbonyl (C=O) groups is 1. The highest BCUT2D eigenvalue weighted by Gasteiger charge is 2.38. The molecule has 236 valence electrons. The molecular formula is C37H44N4O4. The highest BCUT2D eigenvalue weighted by atomic mass is 16.6. The molecule has 5 heterocycles. The van der Waals surface area contributed by atoms with Gasteiger partial charge in [0, 0.05) is 30.4 Å². The van der Waals surface area contributed by atoms with Crippen LogP contribution in [-0.4, -0.2) is 58.6 Å². The number of methoxy groups -OCH3 is 1. The van der Waals surface area contributed by atoms with Crippen LogP contribution in [0.3, 0.4) is 0 Å². The normalized spacial score (nSPS) is 18.1. The number of ether oxygens (including phenoxy) is 3. The summed E-state index contributed by atoms with van der Waals surface area (Å²) in [5.41, 5.74) is 6.75. The summed E-state index contributed by atoms with van der Waals surface area (Å²) >= 11 is 0. The molecule has 1 fully saturated rings. The Morgan fingerprint density at radius 2 is 1.78 bits per heavy atom. The standard InChI is InChI=1S/C37H44N4O4/c1-25-32(33(35(42)43-6)45-36(2,3)4)34-40-20-18-37(5,19-21-40)44-22-11-7-8-13-26-14-9-10-17-29(26)27-15-12-16-28(23-27)30-24-31(38-25)41(34)39-30/h7,9-12,14-17,23-24,33H,8,13,18-22H2,1-6H3/b11-7-/t33-/m0/s1. The minimum Gasteiger partial charge on any atom is -0.467 e. The Morgan fingerprint density at radius 1 is 1.02 bits per heavy atom. The maximum absolute atomic E-state index is 13.3. The summed E-state index contributed by atoms with van der Waals surface area (Å²) in [6, 6.07) is 19.2. The van der Waals surface area contributed by atoms with Crippen molar-refractivity contribution in [1.29, 1.82) is 0 Å². The van der Waals surface area contributed by atoms with Gasteiger partial charge >= 0.3 is 5.97 Å². The largest absolute Gasteiger partial charge is 0.467 e. The fourth-order valence-corrected chi connectivity index (χ4v) is 6.43. The van der Waals surface area contributed by atoms with Crippen molar-refractivity contribution in [2.24, 2.45) is 0 Å². The Balaban J connectivity index is 1.56. The van der Waals surface area contributed by atoms with Crippen LogP contribution in [0.1, 0.15) is 69.9 Å². The first-order valence-corrected chi connectivity index (χ1v) is 15.9. The van der Waals surface area contributed by atoms with E-state index in [-0.39, 0.29) is 5.60 Å². The number of esters is 1. The summed E-state index contributed by atoms with van der Waals surface area (Å²) in [7, 11) is 1.40. The molecule has 0 unspecified atom stereocenters. The Kier molecular flexibility index (Phi) is 8.55. The second kappa shape index (κ2) is 12.4. The van der Waals surface area contributed by atoms with Crippen LogP contribution in [0.25, 0.3) is 28.0 Å². The van der Waals surface area contributed by atoms with Gasteiger partial charge in [-0.05, 0) is 83.1 Å². The van der Waals surface area contributed by atoms with Gasteiger partial charge in [0.25, 0.3) is 0 Å². The second-order valence-electron chi connectivity index (χ2n) is 13.4. The summed E-state index contributed by atoms with van der Waals surface area (Å²) in [5.74, 6) is 0.349. The summed E-state index contributed by atoms with van der Waals surface area (Å²) < 4.78 is 20.0. The first-order valence-electron chi connectivity index (χ1n) is 15.9. The summed E-state index contributed by atoms with van der Waals surface area (Å²) in [4.78, 5) is 20.6. The van der Waals surface area contributed by atoms with Crippen molar-refractivity contribution in [2.45, 2.75) is 77.6 Å². The topological polar surface area (TPSA) is 78.2 Å². The maximum Gasteiger partial charge on any atom is 0.339 e. The molecule has 8 heteroatoms. The van der Waals surface area contributed by atoms with Gasteiger partial charge in [-0.25, -0.2) is 9.78 Å². The highest BCUT2D eigenvalue weighted by Crippen LogP contribution is 2.39. The third kappa shape index (κ3) is 6.53. The van der Waals surface area contributed by atoms with Gasteiger partial charge in [0.15, 0.2) is 11.8 Å². The van der Waals surface area contributed by atoms with Gasteiger partial charge < -0.3 is 19.1 Å². The van der Waals surface area contributed by atoms with E-state index in [1.807, 2.05) is 38.3 Å². The van der Waals surface area contributed by atoms with Gasteiger partial charge in [-0.15, -0.1) is 0 Å². The number of fused-ring (bicyclic) bond motifs is 6. The van der Waals surface area contributed by atoms with E-state index in [4.69, 9.17) is 24.3 Å². The number of hydrogen-bond donors (Lipinski definition) is 0. The van der Waals surface area contributed by atoms with E-state index in [0.29, 0.717) is 17.9 Å². The van der Waals surface area contributed by atoms with E-state index in [0.717, 1.165) is 67.1 Å². The monoisotopic (exact) mass is 608 g/mol. The van der Waals surface area contributed by atoms with E-state index >= 15 is 0 Å². The molecule has 0 amide bonds. The number of aryl methyl sites for hydroxylation is 2. The van der Waals surface area contributed by atoms with E-state index in [1.54, 1.807) is 0 Å². The van der Waals surface area contributed by atoms with Crippen molar-refractivity contribution in [3.63, 3.8) is 0 Å². The van der Waals surface area contributed by atoms with Crippen LogP contribution in [0.4, 0.5) is 5.82 Å². The zero-order chi connectivity index (χ0) is 31.8. The number of carbonyl (C=O) groups excluding carboxylic acids is 1. The lowest BCUT2D eigenvalue weighted by Crippen LogP contribution is -2.45. The van der Waals surface area contributed by atoms with Crippen molar-refractivity contribution in [3.05, 3.63) is 83.6 Å². The highest BCUT2D eigenvalue weighted by molar-refractivity contribution is 5.81. The van der Waals surface area contributed by atoms with Crippen molar-refractivity contribution >= 4 is 17.4 Å². The minimum atomic E-state index is -0.967. The molecule has 0 spiro atoms. The third-order valence-corrected chi connectivity index (χ3v) is 8.84. The van der Waals surface area contributed by atoms with Gasteiger partial charge in [-0.3, -0.25) is 0 Å². The SMILES string of the molecule is COC(=O)[C@@H](OC(C)(C)C)c1c(C)nc2cc3nn2c1N1CCC(C)(CC1)OC/C=C\CCc1ccccc1-c1cccc-3c1. The van der Waals surface area contributed by atoms with Gasteiger partial charge in [0.1, 0.15) is 5.82 Å². The summed E-state index contributed by atoms with van der Waals surface area (Å²) in [6.07, 6.45) is 6.97. The third-order valence-electron chi connectivity index (χ3n) is 8.84. The first kappa shape index (κ1) is 31.0. The fraction of sp³-hybridized carbons (Fsp3) is 0.432. The lowest BCUT2D eigenvalue weighted by molar-refractivity contribution is -0.164. The molecule has 1 saturated heterocycles. The van der Waals surface area contributed by atoms with Crippen molar-refractivity contribution in [3.8, 4) is 22.4 Å². The molecule has 0 N–H and O–H groups in total. The van der Waals surface area contributed by atoms with E-state index in [9.17, 15) is 4.79 Å². The number of benzene rings is 2. The Hall–Kier alpha value is -4.01. The van der Waals surface area contributed by atoms with Crippen LogP contribution < -0.4 is 4.90 Å². The molecule has 0 aliphatic carbocycles. The minimum absolute atomic E-state index is 0.254. The van der Waals surface area contributed by atoms with Gasteiger partial charge in [-0.1, -0.05) is 54.6 Å². The lowest BCUT2D eigenvalue weighted by atomic mass is 9.92. The van der Waals surface area contributed by atoms with Crippen LogP contribution in [-0.2, 0) is 25.4 Å². The Bertz CT molecular complexity index is 1730. The smallest absolute Gasteiger partial charge is 0.339 e. The average Bonchev–Trinajstić information content (AvgIpc) is 3.44. The van der Waals surface area contributed by atoms with Gasteiger partial charge in [0.2, 0.25) is 0 Å². The van der Waals surface area contributed by atoms with Crippen LogP contribution >= 0.6 is 0 Å². The molecule has 2 aromatic heterocycles. The van der Waals surface area contributed by atoms with Crippen molar-refractivity contribution in [1.82, 2.24) is 14.6 Å². The lowest BCUT2D eigenvalue weighted by Gasteiger charge is -2.41. The fourth-order valence-electron chi connectivity index (χ4n) is 6.43. The molecule has 4 aromatic rings. The molecule has 8 nitrogen and oxygen atoms in total. The molecule has 3 aliphatic heterocycles. The Morgan fingerprint density at radius 3 is 2.53 bits per heavy atom. The van der Waals surface area contributed by atoms with Crippen LogP contribution in [0.2, 0.25) is 0 Å². The summed E-state index contributed by atoms with van der Waals surface area (Å²) in [6.45, 7) is 12.0. The molecule has 1 atom stereocenters. The average molecular weight is 609 g/mol. The van der Waals surface area contributed by atoms with Crippen molar-refractivity contribution < 1.29 is 19.0 Å². The van der Waals surface area contributed by atoms with E-state index in [1.165, 1.54) is 18.2 Å². The predicted molar refractivity (Wildman–Crippen MR) is 177 cm³/mol. The number of allylic oxidation sites excluding steroid dienone is 1. The number of aromatic nitrogens is 3. The molecule has 6 bridgehead atoms. The molecule has 0 radical (unpaired) electrons. The van der Waals surface area contributed by atoms with E-state index in [2.05, 4.69) is 72.5 Å². The molecule has 0 saturated carbocycles. The van der Waals surface area contributed by atoms with E-state index < -0.39 is 17.7 Å². The molecule has 7 rings (SSSR count). The predicted octanol–water partition coefficient (Wildman–Crippen LogP) is 7.28. The zero-order valence-electron chi connectivity index (χ0n) is 27.3. The first-order chi connectivity index (χ1) is 21.5. The molecule has 3 aliphatic rings.